The average molecular weight is 237 g/mol. The lowest BCUT2D eigenvalue weighted by molar-refractivity contribution is 0.110. The van der Waals surface area contributed by atoms with E-state index in [9.17, 15) is 5.11 Å². The van der Waals surface area contributed by atoms with E-state index in [0.717, 1.165) is 31.7 Å². The van der Waals surface area contributed by atoms with Gasteiger partial charge in [0.1, 0.15) is 18.0 Å². The van der Waals surface area contributed by atoms with Crippen molar-refractivity contribution in [1.29, 1.82) is 0 Å². The first kappa shape index (κ1) is 12.1. The molecular weight excluding hydrogens is 218 g/mol. The second kappa shape index (κ2) is 5.29. The fraction of sp³-hybridized carbons (Fsp3) is 0.636. The van der Waals surface area contributed by atoms with Gasteiger partial charge in [-0.1, -0.05) is 0 Å². The first-order valence-electron chi connectivity index (χ1n) is 5.92. The van der Waals surface area contributed by atoms with Gasteiger partial charge in [-0.05, 0) is 25.7 Å². The van der Waals surface area contributed by atoms with Crippen LogP contribution in [0.2, 0.25) is 0 Å². The first-order chi connectivity index (χ1) is 8.20. The third-order valence-electron chi connectivity index (χ3n) is 3.35. The Kier molecular flexibility index (Phi) is 3.75. The van der Waals surface area contributed by atoms with Crippen molar-refractivity contribution >= 4 is 11.6 Å². The van der Waals surface area contributed by atoms with Gasteiger partial charge in [-0.3, -0.25) is 0 Å². The topological polar surface area (TPSA) is 87.3 Å². The maximum Gasteiger partial charge on any atom is 0.145 e. The third kappa shape index (κ3) is 2.83. The molecule has 1 fully saturated rings. The monoisotopic (exact) mass is 237 g/mol. The van der Waals surface area contributed by atoms with Crippen LogP contribution in [-0.4, -0.2) is 34.3 Å². The molecule has 4 N–H and O–H groups in total. The minimum absolute atomic E-state index is 0.219. The molecule has 0 spiro atoms. The maximum atomic E-state index is 9.55. The minimum atomic E-state index is -0.219. The van der Waals surface area contributed by atoms with Gasteiger partial charge in [-0.25, -0.2) is 15.8 Å². The molecule has 1 atom stereocenters. The second-order valence-corrected chi connectivity index (χ2v) is 4.47. The van der Waals surface area contributed by atoms with Crippen LogP contribution in [-0.2, 0) is 0 Å². The van der Waals surface area contributed by atoms with Crippen LogP contribution in [0.5, 0.6) is 0 Å². The number of nitrogens with one attached hydrogen (secondary N) is 1. The zero-order chi connectivity index (χ0) is 12.3. The third-order valence-corrected chi connectivity index (χ3v) is 3.35. The highest BCUT2D eigenvalue weighted by Crippen LogP contribution is 2.24. The number of hydrogen-bond acceptors (Lipinski definition) is 6. The number of hydrazine groups is 1. The molecule has 0 radical (unpaired) electrons. The molecule has 1 aliphatic rings. The molecule has 0 aliphatic carbocycles. The van der Waals surface area contributed by atoms with E-state index in [-0.39, 0.29) is 6.10 Å². The highest BCUT2D eigenvalue weighted by atomic mass is 16.3. The minimum Gasteiger partial charge on any atom is -0.393 e. The molecule has 1 aromatic heterocycles. The number of nitrogens with zero attached hydrogens (tertiary/aromatic N) is 3. The quantitative estimate of drug-likeness (QED) is 0.520. The standard InChI is InChI=1S/C11H19N5O/c1-8(17)9-2-4-16(5-3-9)11-6-10(15-12)13-7-14-11/h6-9,17H,2-5,12H2,1H3,(H,13,14,15). The molecule has 0 saturated carbocycles. The van der Waals surface area contributed by atoms with Gasteiger partial charge in [0.2, 0.25) is 0 Å². The van der Waals surface area contributed by atoms with Crippen LogP contribution in [0.4, 0.5) is 11.6 Å². The summed E-state index contributed by atoms with van der Waals surface area (Å²) < 4.78 is 0. The van der Waals surface area contributed by atoms with Crippen LogP contribution >= 0.6 is 0 Å². The van der Waals surface area contributed by atoms with E-state index >= 15 is 0 Å². The van der Waals surface area contributed by atoms with Crippen molar-refractivity contribution in [3.8, 4) is 0 Å². The molecule has 94 valence electrons. The number of aliphatic hydroxyl groups excluding tert-OH is 1. The molecule has 0 amide bonds. The van der Waals surface area contributed by atoms with Crippen molar-refractivity contribution < 1.29 is 5.11 Å². The number of piperidine rings is 1. The summed E-state index contributed by atoms with van der Waals surface area (Å²) in [6.45, 7) is 3.69. The van der Waals surface area contributed by atoms with Gasteiger partial charge in [0, 0.05) is 19.2 Å². The van der Waals surface area contributed by atoms with Crippen molar-refractivity contribution in [3.05, 3.63) is 12.4 Å². The number of nitrogens with two attached hydrogens (primary N) is 1. The maximum absolute atomic E-state index is 9.55. The van der Waals surface area contributed by atoms with E-state index in [1.54, 1.807) is 0 Å². The van der Waals surface area contributed by atoms with Gasteiger partial charge >= 0.3 is 0 Å². The normalized spacial score (nSPS) is 19.1. The average Bonchev–Trinajstić information content (AvgIpc) is 2.39. The van der Waals surface area contributed by atoms with Crippen molar-refractivity contribution in [1.82, 2.24) is 9.97 Å². The summed E-state index contributed by atoms with van der Waals surface area (Å²) in [7, 11) is 0. The van der Waals surface area contributed by atoms with E-state index in [4.69, 9.17) is 5.84 Å². The first-order valence-corrected chi connectivity index (χ1v) is 5.92. The summed E-state index contributed by atoms with van der Waals surface area (Å²) in [6.07, 6.45) is 3.27. The van der Waals surface area contributed by atoms with Crippen molar-refractivity contribution in [3.63, 3.8) is 0 Å². The lowest BCUT2D eigenvalue weighted by atomic mass is 9.92. The summed E-state index contributed by atoms with van der Waals surface area (Å²) in [5.74, 6) is 7.23. The van der Waals surface area contributed by atoms with Gasteiger partial charge in [0.05, 0.1) is 6.10 Å². The number of nitrogen functional groups attached to an aromatic ring is 1. The fourth-order valence-electron chi connectivity index (χ4n) is 2.21. The lowest BCUT2D eigenvalue weighted by Gasteiger charge is -2.34. The van der Waals surface area contributed by atoms with Crippen LogP contribution in [0.15, 0.2) is 12.4 Å². The highest BCUT2D eigenvalue weighted by molar-refractivity contribution is 5.47. The number of aliphatic hydroxyl groups is 1. The number of hydrogen-bond donors (Lipinski definition) is 3. The van der Waals surface area contributed by atoms with Crippen molar-refractivity contribution in [2.24, 2.45) is 11.8 Å². The predicted molar refractivity (Wildman–Crippen MR) is 66.5 cm³/mol. The SMILES string of the molecule is CC(O)C1CCN(c2cc(NN)ncn2)CC1. The van der Waals surface area contributed by atoms with E-state index in [1.807, 2.05) is 13.0 Å². The molecule has 17 heavy (non-hydrogen) atoms. The largest absolute Gasteiger partial charge is 0.393 e. The highest BCUT2D eigenvalue weighted by Gasteiger charge is 2.23. The Labute approximate surface area is 101 Å². The van der Waals surface area contributed by atoms with Crippen LogP contribution < -0.4 is 16.2 Å². The van der Waals surface area contributed by atoms with E-state index in [0.29, 0.717) is 11.7 Å². The molecule has 1 aliphatic heterocycles. The molecule has 6 nitrogen and oxygen atoms in total. The number of anilines is 2. The Balaban J connectivity index is 2.00. The second-order valence-electron chi connectivity index (χ2n) is 4.47. The fourth-order valence-corrected chi connectivity index (χ4v) is 2.21. The van der Waals surface area contributed by atoms with E-state index in [2.05, 4.69) is 20.3 Å². The molecule has 1 unspecified atom stereocenters. The molecule has 0 bridgehead atoms. The van der Waals surface area contributed by atoms with Gasteiger partial charge in [0.25, 0.3) is 0 Å². The number of rotatable bonds is 3. The summed E-state index contributed by atoms with van der Waals surface area (Å²) in [5.41, 5.74) is 2.52. The zero-order valence-electron chi connectivity index (χ0n) is 10.0. The van der Waals surface area contributed by atoms with Crippen molar-refractivity contribution in [2.75, 3.05) is 23.4 Å². The summed E-state index contributed by atoms with van der Waals surface area (Å²) in [5, 5.41) is 9.55. The Hall–Kier alpha value is -1.40. The smallest absolute Gasteiger partial charge is 0.145 e. The molecule has 1 aromatic rings. The molecule has 0 aromatic carbocycles. The summed E-state index contributed by atoms with van der Waals surface area (Å²) >= 11 is 0. The molecule has 1 saturated heterocycles. The van der Waals surface area contributed by atoms with Gasteiger partial charge in [-0.15, -0.1) is 0 Å². The molecular formula is C11H19N5O. The summed E-state index contributed by atoms with van der Waals surface area (Å²) in [4.78, 5) is 10.4. The zero-order valence-corrected chi connectivity index (χ0v) is 10.0. The van der Waals surface area contributed by atoms with E-state index in [1.165, 1.54) is 6.33 Å². The van der Waals surface area contributed by atoms with Crippen molar-refractivity contribution in [2.45, 2.75) is 25.9 Å². The Morgan fingerprint density at radius 3 is 2.76 bits per heavy atom. The predicted octanol–water partition coefficient (Wildman–Crippen LogP) is 0.359. The van der Waals surface area contributed by atoms with Crippen LogP contribution in [0.3, 0.4) is 0 Å². The summed E-state index contributed by atoms with van der Waals surface area (Å²) in [6, 6.07) is 1.84. The van der Waals surface area contributed by atoms with Gasteiger partial charge in [0.15, 0.2) is 0 Å². The molecule has 2 rings (SSSR count). The Bertz CT molecular complexity index is 363. The lowest BCUT2D eigenvalue weighted by Crippen LogP contribution is -2.37. The number of aromatic nitrogens is 2. The van der Waals surface area contributed by atoms with Crippen LogP contribution in [0.1, 0.15) is 19.8 Å². The Morgan fingerprint density at radius 2 is 2.18 bits per heavy atom. The van der Waals surface area contributed by atoms with Crippen LogP contribution in [0, 0.1) is 5.92 Å². The molecule has 2 heterocycles. The van der Waals surface area contributed by atoms with Gasteiger partial charge < -0.3 is 15.4 Å². The van der Waals surface area contributed by atoms with Crippen LogP contribution in [0.25, 0.3) is 0 Å². The van der Waals surface area contributed by atoms with E-state index < -0.39 is 0 Å². The molecule has 6 heteroatoms. The Morgan fingerprint density at radius 1 is 1.47 bits per heavy atom. The van der Waals surface area contributed by atoms with Gasteiger partial charge in [-0.2, -0.15) is 0 Å².